The summed E-state index contributed by atoms with van der Waals surface area (Å²) in [5, 5.41) is 0. The van der Waals surface area contributed by atoms with Gasteiger partial charge in [0, 0.05) is 0 Å². The molecular formula is C10H14Pt. The van der Waals surface area contributed by atoms with Crippen LogP contribution >= 0.6 is 0 Å². The molecule has 0 spiro atoms. The van der Waals surface area contributed by atoms with Crippen LogP contribution in [0.4, 0.5) is 0 Å². The third-order valence-corrected chi connectivity index (χ3v) is 0.607. The molecule has 0 bridgehead atoms. The van der Waals surface area contributed by atoms with Crippen molar-refractivity contribution in [2.45, 2.75) is 20.8 Å². The molecule has 0 aromatic heterocycles. The zero-order valence-corrected chi connectivity index (χ0v) is 9.48. The van der Waals surface area contributed by atoms with Gasteiger partial charge in [-0.05, 0) is 0 Å². The summed E-state index contributed by atoms with van der Waals surface area (Å²) in [6.45, 7) is 6.25. The Morgan fingerprint density at radius 1 is 0.909 bits per heavy atom. The van der Waals surface area contributed by atoms with Crippen LogP contribution in [0.1, 0.15) is 20.8 Å². The predicted molar refractivity (Wildman–Crippen MR) is 45.5 cm³/mol. The van der Waals surface area contributed by atoms with Crippen molar-refractivity contribution >= 4 is 0 Å². The van der Waals surface area contributed by atoms with Gasteiger partial charge in [0.1, 0.15) is 0 Å². The largest absolute Gasteiger partial charge is 2.00 e. The maximum absolute atomic E-state index is 2.89. The molecule has 0 amide bonds. The van der Waals surface area contributed by atoms with E-state index in [4.69, 9.17) is 0 Å². The Kier molecular flexibility index (Phi) is 12.2. The Morgan fingerprint density at radius 2 is 1.27 bits per heavy atom. The molecule has 1 rings (SSSR count). The van der Waals surface area contributed by atoms with Crippen LogP contribution < -0.4 is 0 Å². The number of hydrogen-bond acceptors (Lipinski definition) is 0. The molecule has 0 saturated heterocycles. The first-order valence-electron chi connectivity index (χ1n) is 3.41. The molecule has 0 N–H and O–H groups in total. The van der Waals surface area contributed by atoms with Crippen LogP contribution in [0.25, 0.3) is 0 Å². The fourth-order valence-corrected chi connectivity index (χ4v) is 0.342. The minimum Gasteiger partial charge on any atom is -0.323 e. The van der Waals surface area contributed by atoms with Gasteiger partial charge in [0.25, 0.3) is 0 Å². The summed E-state index contributed by atoms with van der Waals surface area (Å²) >= 11 is 0. The van der Waals surface area contributed by atoms with E-state index in [9.17, 15) is 0 Å². The van der Waals surface area contributed by atoms with Crippen LogP contribution in [0.3, 0.4) is 0 Å². The van der Waals surface area contributed by atoms with E-state index in [2.05, 4.69) is 26.8 Å². The maximum Gasteiger partial charge on any atom is 2.00 e. The van der Waals surface area contributed by atoms with Gasteiger partial charge in [0.15, 0.2) is 0 Å². The van der Waals surface area contributed by atoms with Crippen molar-refractivity contribution in [3.63, 3.8) is 0 Å². The minimum absolute atomic E-state index is 0. The molecule has 0 fully saturated rings. The van der Waals surface area contributed by atoms with E-state index in [1.165, 1.54) is 5.92 Å². The fourth-order valence-electron chi connectivity index (χ4n) is 0.342. The summed E-state index contributed by atoms with van der Waals surface area (Å²) in [6, 6.07) is 12.5. The van der Waals surface area contributed by atoms with Crippen molar-refractivity contribution in [3.8, 4) is 0 Å². The zero-order valence-electron chi connectivity index (χ0n) is 7.20. The monoisotopic (exact) mass is 329 g/mol. The van der Waals surface area contributed by atoms with Gasteiger partial charge in [-0.1, -0.05) is 0 Å². The van der Waals surface area contributed by atoms with Crippen molar-refractivity contribution in [1.29, 1.82) is 0 Å². The Bertz CT molecular complexity index is 105. The first-order valence-corrected chi connectivity index (χ1v) is 3.41. The van der Waals surface area contributed by atoms with E-state index in [1.807, 2.05) is 30.3 Å². The van der Waals surface area contributed by atoms with E-state index >= 15 is 0 Å². The molecule has 0 aliphatic carbocycles. The van der Waals surface area contributed by atoms with E-state index in [-0.39, 0.29) is 21.1 Å². The third-order valence-electron chi connectivity index (χ3n) is 0.607. The van der Waals surface area contributed by atoms with E-state index < -0.39 is 0 Å². The SMILES string of the molecule is C[C-](C)C.[Pt+2].[c-]1ccccc1. The average molecular weight is 329 g/mol. The van der Waals surface area contributed by atoms with Crippen LogP contribution in [0.5, 0.6) is 0 Å². The molecular weight excluding hydrogens is 315 g/mol. The fraction of sp³-hybridized carbons (Fsp3) is 0.300. The van der Waals surface area contributed by atoms with Crippen LogP contribution in [-0.2, 0) is 21.1 Å². The molecule has 64 valence electrons. The van der Waals surface area contributed by atoms with Crippen molar-refractivity contribution in [3.05, 3.63) is 42.3 Å². The molecule has 0 radical (unpaired) electrons. The van der Waals surface area contributed by atoms with Crippen molar-refractivity contribution < 1.29 is 21.1 Å². The molecule has 0 unspecified atom stereocenters. The smallest absolute Gasteiger partial charge is 0.323 e. The van der Waals surface area contributed by atoms with E-state index in [0.29, 0.717) is 0 Å². The topological polar surface area (TPSA) is 0 Å². The van der Waals surface area contributed by atoms with Crippen molar-refractivity contribution in [2.75, 3.05) is 0 Å². The van der Waals surface area contributed by atoms with Gasteiger partial charge < -0.3 is 5.92 Å². The van der Waals surface area contributed by atoms with Crippen LogP contribution in [-0.4, -0.2) is 0 Å². The second kappa shape index (κ2) is 9.91. The average Bonchev–Trinajstić information content (AvgIpc) is 1.90. The summed E-state index contributed by atoms with van der Waals surface area (Å²) in [7, 11) is 0. The molecule has 1 aromatic carbocycles. The van der Waals surface area contributed by atoms with Crippen LogP contribution in [0.2, 0.25) is 0 Å². The first kappa shape index (κ1) is 13.5. The van der Waals surface area contributed by atoms with Crippen LogP contribution in [0, 0.1) is 12.0 Å². The molecule has 0 heterocycles. The molecule has 11 heavy (non-hydrogen) atoms. The first-order chi connectivity index (χ1) is 4.73. The van der Waals surface area contributed by atoms with E-state index in [1.54, 1.807) is 0 Å². The summed E-state index contributed by atoms with van der Waals surface area (Å²) in [4.78, 5) is 0. The summed E-state index contributed by atoms with van der Waals surface area (Å²) in [5.41, 5.74) is 0. The molecule has 0 saturated carbocycles. The summed E-state index contributed by atoms with van der Waals surface area (Å²) in [6.07, 6.45) is 0. The normalized spacial score (nSPS) is 7.64. The molecule has 0 atom stereocenters. The van der Waals surface area contributed by atoms with Gasteiger partial charge in [0.2, 0.25) is 0 Å². The standard InChI is InChI=1S/C6H5.C4H9.Pt/c1-2-4-6-5-3-1;1-4(2)3;/h1-5H;1-3H3;/q2*-1;+2. The van der Waals surface area contributed by atoms with Gasteiger partial charge >= 0.3 is 21.1 Å². The maximum atomic E-state index is 2.89. The second-order valence-electron chi connectivity index (χ2n) is 2.58. The molecule has 0 aliphatic rings. The number of hydrogen-bond donors (Lipinski definition) is 0. The summed E-state index contributed by atoms with van der Waals surface area (Å²) in [5.74, 6) is 1.42. The molecule has 0 aliphatic heterocycles. The number of benzene rings is 1. The van der Waals surface area contributed by atoms with Gasteiger partial charge in [-0.15, -0.1) is 0 Å². The van der Waals surface area contributed by atoms with Gasteiger partial charge in [-0.25, -0.2) is 0 Å². The molecule has 0 nitrogen and oxygen atoms in total. The predicted octanol–water partition coefficient (Wildman–Crippen LogP) is 3.10. The Morgan fingerprint density at radius 3 is 1.36 bits per heavy atom. The van der Waals surface area contributed by atoms with Crippen molar-refractivity contribution in [1.82, 2.24) is 0 Å². The zero-order chi connectivity index (χ0) is 7.82. The second-order valence-corrected chi connectivity index (χ2v) is 2.58. The van der Waals surface area contributed by atoms with Crippen molar-refractivity contribution in [2.24, 2.45) is 0 Å². The van der Waals surface area contributed by atoms with Crippen LogP contribution in [0.15, 0.2) is 30.3 Å². The summed E-state index contributed by atoms with van der Waals surface area (Å²) < 4.78 is 0. The Hall–Kier alpha value is -0.0917. The molecule has 1 aromatic rings. The van der Waals surface area contributed by atoms with Gasteiger partial charge in [0.05, 0.1) is 0 Å². The third kappa shape index (κ3) is 17.8. The quantitative estimate of drug-likeness (QED) is 0.642. The van der Waals surface area contributed by atoms with Gasteiger partial charge in [-0.3, -0.25) is 0 Å². The van der Waals surface area contributed by atoms with E-state index in [0.717, 1.165) is 0 Å². The number of rotatable bonds is 0. The minimum atomic E-state index is 0. The molecule has 1 heteroatoms. The Balaban J connectivity index is 0. The van der Waals surface area contributed by atoms with Gasteiger partial charge in [-0.2, -0.15) is 57.2 Å². The Labute approximate surface area is 84.3 Å².